The van der Waals surface area contributed by atoms with Gasteiger partial charge in [-0.2, -0.15) is 0 Å². The summed E-state index contributed by atoms with van der Waals surface area (Å²) in [6, 6.07) is 11.1. The number of pyridine rings is 1. The zero-order valence-corrected chi connectivity index (χ0v) is 11.8. The Hall–Kier alpha value is -2.49. The predicted molar refractivity (Wildman–Crippen MR) is 80.2 cm³/mol. The molecule has 0 unspecified atom stereocenters. The number of rotatable bonds is 2. The van der Waals surface area contributed by atoms with Gasteiger partial charge < -0.3 is 5.32 Å². The lowest BCUT2D eigenvalue weighted by Crippen LogP contribution is -2.24. The van der Waals surface area contributed by atoms with Gasteiger partial charge in [0.05, 0.1) is 11.6 Å². The molecule has 0 saturated heterocycles. The molecule has 0 bridgehead atoms. The van der Waals surface area contributed by atoms with Crippen LogP contribution in [0, 0.1) is 12.8 Å². The molecule has 4 heteroatoms. The fourth-order valence-electron chi connectivity index (χ4n) is 2.73. The van der Waals surface area contributed by atoms with Crippen LogP contribution in [0.3, 0.4) is 0 Å². The minimum atomic E-state index is -0.376. The minimum Gasteiger partial charge on any atom is -0.325 e. The van der Waals surface area contributed by atoms with Crippen LogP contribution in [0.1, 0.15) is 28.0 Å². The molecular formula is C17H16N2O2. The fourth-order valence-corrected chi connectivity index (χ4v) is 2.73. The maximum absolute atomic E-state index is 12.5. The number of amides is 1. The highest BCUT2D eigenvalue weighted by atomic mass is 16.2. The molecule has 21 heavy (non-hydrogen) atoms. The molecule has 1 N–H and O–H groups in total. The zero-order chi connectivity index (χ0) is 14.8. The van der Waals surface area contributed by atoms with Crippen molar-refractivity contribution in [2.45, 2.75) is 19.8 Å². The molecule has 2 heterocycles. The second kappa shape index (κ2) is 5.48. The monoisotopic (exact) mass is 280 g/mol. The summed E-state index contributed by atoms with van der Waals surface area (Å²) in [7, 11) is 0. The summed E-state index contributed by atoms with van der Waals surface area (Å²) in [4.78, 5) is 29.0. The molecule has 0 saturated carbocycles. The number of nitrogens with zero attached hydrogens (tertiary/aromatic N) is 1. The van der Waals surface area contributed by atoms with Gasteiger partial charge in [0.25, 0.3) is 0 Å². The van der Waals surface area contributed by atoms with E-state index < -0.39 is 0 Å². The second-order valence-electron chi connectivity index (χ2n) is 5.34. The highest BCUT2D eigenvalue weighted by molar-refractivity contribution is 6.10. The molecule has 4 nitrogen and oxygen atoms in total. The summed E-state index contributed by atoms with van der Waals surface area (Å²) in [5, 5.41) is 2.88. The first-order valence-electron chi connectivity index (χ1n) is 6.99. The normalized spacial score (nSPS) is 17.9. The zero-order valence-electron chi connectivity index (χ0n) is 11.8. The number of Topliss-reactive ketones (excluding diaryl/α,β-unsaturated/α-hetero) is 1. The van der Waals surface area contributed by atoms with Crippen molar-refractivity contribution in [2.24, 2.45) is 5.92 Å². The van der Waals surface area contributed by atoms with Crippen LogP contribution in [-0.2, 0) is 11.2 Å². The van der Waals surface area contributed by atoms with Crippen molar-refractivity contribution in [3.63, 3.8) is 0 Å². The van der Waals surface area contributed by atoms with Gasteiger partial charge in [-0.05, 0) is 30.7 Å². The number of nitrogens with one attached hydrogen (secondary N) is 1. The molecule has 2 aromatic rings. The van der Waals surface area contributed by atoms with E-state index in [1.54, 1.807) is 12.3 Å². The molecule has 1 aliphatic heterocycles. The smallest absolute Gasteiger partial charge is 0.228 e. The lowest BCUT2D eigenvalue weighted by molar-refractivity contribution is -0.119. The molecule has 106 valence electrons. The van der Waals surface area contributed by atoms with Crippen molar-refractivity contribution < 1.29 is 9.59 Å². The van der Waals surface area contributed by atoms with E-state index in [0.717, 1.165) is 11.3 Å². The summed E-state index contributed by atoms with van der Waals surface area (Å²) in [5.74, 6) is -0.472. The first kappa shape index (κ1) is 13.5. The predicted octanol–water partition coefficient (Wildman–Crippen LogP) is 2.77. The number of anilines is 1. The SMILES string of the molecule is Cc1cccc2c1C(=O)C[C@H](Cc1ccccn1)C(=O)N2. The van der Waals surface area contributed by atoms with Gasteiger partial charge >= 0.3 is 0 Å². The van der Waals surface area contributed by atoms with E-state index in [2.05, 4.69) is 10.3 Å². The van der Waals surface area contributed by atoms with E-state index in [1.165, 1.54) is 0 Å². The molecule has 1 amide bonds. The van der Waals surface area contributed by atoms with Crippen molar-refractivity contribution in [2.75, 3.05) is 5.32 Å². The lowest BCUT2D eigenvalue weighted by atomic mass is 9.93. The number of carbonyl (C=O) groups is 2. The number of fused-ring (bicyclic) bond motifs is 1. The van der Waals surface area contributed by atoms with Crippen LogP contribution in [0.2, 0.25) is 0 Å². The van der Waals surface area contributed by atoms with E-state index in [4.69, 9.17) is 0 Å². The van der Waals surface area contributed by atoms with Crippen LogP contribution in [0.15, 0.2) is 42.6 Å². The Balaban J connectivity index is 1.90. The Morgan fingerprint density at radius 2 is 2.05 bits per heavy atom. The minimum absolute atomic E-state index is 0.0161. The maximum Gasteiger partial charge on any atom is 0.228 e. The van der Waals surface area contributed by atoms with Crippen molar-refractivity contribution in [1.82, 2.24) is 4.98 Å². The number of aromatic nitrogens is 1. The lowest BCUT2D eigenvalue weighted by Gasteiger charge is -2.11. The number of aryl methyl sites for hydroxylation is 1. The largest absolute Gasteiger partial charge is 0.325 e. The van der Waals surface area contributed by atoms with Gasteiger partial charge in [-0.25, -0.2) is 0 Å². The Bertz CT molecular complexity index is 695. The quantitative estimate of drug-likeness (QED) is 0.920. The van der Waals surface area contributed by atoms with Crippen LogP contribution < -0.4 is 5.32 Å². The molecule has 1 aromatic carbocycles. The van der Waals surface area contributed by atoms with Crippen molar-refractivity contribution in [3.8, 4) is 0 Å². The Morgan fingerprint density at radius 3 is 2.81 bits per heavy atom. The maximum atomic E-state index is 12.5. The number of benzene rings is 1. The fraction of sp³-hybridized carbons (Fsp3) is 0.235. The van der Waals surface area contributed by atoms with Gasteiger partial charge in [0.15, 0.2) is 5.78 Å². The molecule has 0 aliphatic carbocycles. The summed E-state index contributed by atoms with van der Waals surface area (Å²) >= 11 is 0. The van der Waals surface area contributed by atoms with Crippen LogP contribution in [0.25, 0.3) is 0 Å². The first-order valence-corrected chi connectivity index (χ1v) is 6.99. The molecule has 1 atom stereocenters. The third kappa shape index (κ3) is 2.70. The molecule has 1 aliphatic rings. The Labute approximate surface area is 123 Å². The third-order valence-electron chi connectivity index (χ3n) is 3.79. The summed E-state index contributed by atoms with van der Waals surface area (Å²) in [5.41, 5.74) is 2.98. The molecule has 0 radical (unpaired) electrons. The van der Waals surface area contributed by atoms with E-state index in [9.17, 15) is 9.59 Å². The summed E-state index contributed by atoms with van der Waals surface area (Å²) in [6.07, 6.45) is 2.40. The highest BCUT2D eigenvalue weighted by Gasteiger charge is 2.29. The van der Waals surface area contributed by atoms with Crippen LogP contribution in [0.5, 0.6) is 0 Å². The van der Waals surface area contributed by atoms with Gasteiger partial charge in [-0.15, -0.1) is 0 Å². The van der Waals surface area contributed by atoms with E-state index in [0.29, 0.717) is 17.7 Å². The Morgan fingerprint density at radius 1 is 1.19 bits per heavy atom. The van der Waals surface area contributed by atoms with Crippen LogP contribution >= 0.6 is 0 Å². The molecule has 1 aromatic heterocycles. The number of hydrogen-bond donors (Lipinski definition) is 1. The number of ketones is 1. The van der Waals surface area contributed by atoms with Gasteiger partial charge in [0.2, 0.25) is 5.91 Å². The molecule has 0 spiro atoms. The average molecular weight is 280 g/mol. The topological polar surface area (TPSA) is 59.1 Å². The third-order valence-corrected chi connectivity index (χ3v) is 3.79. The number of carbonyl (C=O) groups excluding carboxylic acids is 2. The van der Waals surface area contributed by atoms with Crippen LogP contribution in [0.4, 0.5) is 5.69 Å². The highest BCUT2D eigenvalue weighted by Crippen LogP contribution is 2.28. The molecule has 0 fully saturated rings. The standard InChI is InChI=1S/C17H16N2O2/c1-11-5-4-7-14-16(11)15(20)10-12(17(21)19-14)9-13-6-2-3-8-18-13/h2-8,12H,9-10H2,1H3,(H,19,21)/t12-/m0/s1. The summed E-state index contributed by atoms with van der Waals surface area (Å²) < 4.78 is 0. The van der Waals surface area contributed by atoms with Crippen molar-refractivity contribution in [3.05, 3.63) is 59.4 Å². The second-order valence-corrected chi connectivity index (χ2v) is 5.34. The average Bonchev–Trinajstić information content (AvgIpc) is 2.58. The molecular weight excluding hydrogens is 264 g/mol. The first-order chi connectivity index (χ1) is 10.1. The van der Waals surface area contributed by atoms with Crippen molar-refractivity contribution in [1.29, 1.82) is 0 Å². The van der Waals surface area contributed by atoms with Gasteiger partial charge in [0, 0.05) is 30.3 Å². The van der Waals surface area contributed by atoms with Crippen LogP contribution in [-0.4, -0.2) is 16.7 Å². The number of hydrogen-bond acceptors (Lipinski definition) is 3. The Kier molecular flexibility index (Phi) is 3.52. The van der Waals surface area contributed by atoms with Gasteiger partial charge in [-0.1, -0.05) is 18.2 Å². The summed E-state index contributed by atoms with van der Waals surface area (Å²) in [6.45, 7) is 1.89. The van der Waals surface area contributed by atoms with Crippen molar-refractivity contribution >= 4 is 17.4 Å². The van der Waals surface area contributed by atoms with Gasteiger partial charge in [-0.3, -0.25) is 14.6 Å². The van der Waals surface area contributed by atoms with E-state index in [-0.39, 0.29) is 24.0 Å². The van der Waals surface area contributed by atoms with Gasteiger partial charge in [0.1, 0.15) is 0 Å². The molecule has 3 rings (SSSR count). The van der Waals surface area contributed by atoms with E-state index >= 15 is 0 Å². The van der Waals surface area contributed by atoms with E-state index in [1.807, 2.05) is 37.3 Å².